The van der Waals surface area contributed by atoms with Crippen molar-refractivity contribution in [2.75, 3.05) is 13.1 Å². The van der Waals surface area contributed by atoms with Gasteiger partial charge in [0, 0.05) is 34.6 Å². The first kappa shape index (κ1) is 22.1. The Hall–Kier alpha value is -3.75. The van der Waals surface area contributed by atoms with E-state index in [1.54, 1.807) is 12.3 Å². The molecule has 5 rings (SSSR count). The number of H-pyrrole nitrogens is 1. The molecule has 1 aromatic heterocycles. The quantitative estimate of drug-likeness (QED) is 0.494. The Bertz CT molecular complexity index is 1340. The van der Waals surface area contributed by atoms with Gasteiger partial charge in [0.1, 0.15) is 11.8 Å². The molecule has 0 radical (unpaired) electrons. The zero-order chi connectivity index (χ0) is 23.7. The van der Waals surface area contributed by atoms with E-state index >= 15 is 0 Å². The summed E-state index contributed by atoms with van der Waals surface area (Å²) in [6.45, 7) is 9.32. The molecular formula is C26H21BrN6O. The third-order valence-electron chi connectivity index (χ3n) is 6.69. The molecule has 7 nitrogen and oxygen atoms in total. The molecule has 1 amide bonds. The number of nitrogens with zero attached hydrogens (tertiary/aromatic N) is 5. The second-order valence-electron chi connectivity index (χ2n) is 8.52. The number of likely N-dealkylation sites (tertiary alicyclic amines) is 1. The molecule has 2 aromatic carbocycles. The molecule has 8 heteroatoms. The molecular weight excluding hydrogens is 492 g/mol. The molecule has 1 saturated heterocycles. The van der Waals surface area contributed by atoms with Crippen LogP contribution in [-0.4, -0.2) is 45.8 Å². The van der Waals surface area contributed by atoms with Crippen LogP contribution in [0.4, 0.5) is 5.82 Å². The number of nitrogens with one attached hydrogen (secondary N) is 1. The summed E-state index contributed by atoms with van der Waals surface area (Å²) in [4.78, 5) is 23.6. The van der Waals surface area contributed by atoms with Crippen LogP contribution in [0.1, 0.15) is 45.8 Å². The molecule has 1 N–H and O–H groups in total. The Morgan fingerprint density at radius 1 is 1.15 bits per heavy atom. The third kappa shape index (κ3) is 3.81. The number of carbonyl (C=O) groups is 1. The Balaban J connectivity index is 1.44. The number of halogens is 1. The maximum absolute atomic E-state index is 12.9. The summed E-state index contributed by atoms with van der Waals surface area (Å²) in [5, 5.41) is 16.7. The average molecular weight is 513 g/mol. The minimum absolute atomic E-state index is 0.0392. The molecule has 1 fully saturated rings. The van der Waals surface area contributed by atoms with Crippen LogP contribution in [0.3, 0.4) is 0 Å². The van der Waals surface area contributed by atoms with Gasteiger partial charge in [-0.2, -0.15) is 10.4 Å². The van der Waals surface area contributed by atoms with Gasteiger partial charge in [-0.25, -0.2) is 11.6 Å². The molecule has 0 saturated carbocycles. The fourth-order valence-electron chi connectivity index (χ4n) is 4.97. The summed E-state index contributed by atoms with van der Waals surface area (Å²) in [5.41, 5.74) is 3.80. The van der Waals surface area contributed by atoms with Crippen LogP contribution >= 0.6 is 15.9 Å². The first-order valence-corrected chi connectivity index (χ1v) is 11.9. The first-order chi connectivity index (χ1) is 16.6. The summed E-state index contributed by atoms with van der Waals surface area (Å²) < 4.78 is 0.702. The van der Waals surface area contributed by atoms with E-state index in [-0.39, 0.29) is 17.7 Å². The summed E-state index contributed by atoms with van der Waals surface area (Å²) in [5.74, 6) is 0.510. The number of nitriles is 1. The van der Waals surface area contributed by atoms with Crippen molar-refractivity contribution in [3.05, 3.63) is 92.9 Å². The van der Waals surface area contributed by atoms with Crippen LogP contribution in [0.5, 0.6) is 0 Å². The number of carbonyl (C=O) groups excluding carboxylic acids is 1. The number of aromatic nitrogens is 2. The van der Waals surface area contributed by atoms with E-state index in [9.17, 15) is 10.1 Å². The fraction of sp³-hybridized carbons (Fsp3) is 0.269. The molecule has 3 aromatic rings. The summed E-state index contributed by atoms with van der Waals surface area (Å²) in [6, 6.07) is 16.6. The maximum atomic E-state index is 12.9. The monoisotopic (exact) mass is 512 g/mol. The minimum Gasteiger partial charge on any atom is -0.339 e. The predicted molar refractivity (Wildman–Crippen MR) is 132 cm³/mol. The van der Waals surface area contributed by atoms with Crippen molar-refractivity contribution in [1.82, 2.24) is 15.1 Å². The van der Waals surface area contributed by atoms with E-state index in [0.717, 1.165) is 29.7 Å². The number of piperidine rings is 1. The first-order valence-electron chi connectivity index (χ1n) is 11.1. The SMILES string of the molecule is [C-]#[N+]C1C(C2CCN(C(=O)c3ccccc3)CC2)=Nc2[nH]ncc2C1c1cccc(C#N)c1Br. The molecule has 168 valence electrons. The molecule has 0 aliphatic carbocycles. The standard InChI is InChI=1S/C26H21BrN6O/c1-29-24-21(19-9-5-8-18(14-28)22(19)27)20-15-30-32-25(20)31-23(24)16-10-12-33(13-11-16)26(34)17-6-3-2-4-7-17/h2-9,15-16,21,24H,10-13H2,(H,30,32). The van der Waals surface area contributed by atoms with Crippen molar-refractivity contribution >= 4 is 33.4 Å². The predicted octanol–water partition coefficient (Wildman–Crippen LogP) is 5.10. The molecule has 2 aliphatic heterocycles. The number of aliphatic imine (C=N–C) groups is 1. The van der Waals surface area contributed by atoms with Crippen molar-refractivity contribution in [2.24, 2.45) is 10.9 Å². The van der Waals surface area contributed by atoms with E-state index in [4.69, 9.17) is 11.6 Å². The van der Waals surface area contributed by atoms with E-state index in [0.29, 0.717) is 34.5 Å². The topological polar surface area (TPSA) is 89.5 Å². The number of amides is 1. The van der Waals surface area contributed by atoms with Crippen LogP contribution in [-0.2, 0) is 0 Å². The normalized spacial score (nSPS) is 20.1. The maximum Gasteiger partial charge on any atom is 0.272 e. The Morgan fingerprint density at radius 3 is 2.62 bits per heavy atom. The molecule has 2 unspecified atom stereocenters. The molecule has 0 spiro atoms. The lowest BCUT2D eigenvalue weighted by Gasteiger charge is -2.35. The lowest BCUT2D eigenvalue weighted by molar-refractivity contribution is 0.0709. The van der Waals surface area contributed by atoms with Crippen molar-refractivity contribution in [1.29, 1.82) is 5.26 Å². The van der Waals surface area contributed by atoms with Crippen LogP contribution in [0.15, 0.2) is 64.2 Å². The second kappa shape index (κ2) is 9.24. The fourth-order valence-corrected chi connectivity index (χ4v) is 5.57. The lowest BCUT2D eigenvalue weighted by atomic mass is 9.76. The second-order valence-corrected chi connectivity index (χ2v) is 9.31. The zero-order valence-electron chi connectivity index (χ0n) is 18.3. The Kier molecular flexibility index (Phi) is 6.00. The molecule has 2 atom stereocenters. The Labute approximate surface area is 206 Å². The van der Waals surface area contributed by atoms with Crippen molar-refractivity contribution in [3.8, 4) is 6.07 Å². The molecule has 3 heterocycles. The van der Waals surface area contributed by atoms with Crippen molar-refractivity contribution in [2.45, 2.75) is 24.8 Å². The van der Waals surface area contributed by atoms with Crippen LogP contribution in [0.25, 0.3) is 4.85 Å². The number of benzene rings is 2. The van der Waals surface area contributed by atoms with E-state index in [2.05, 4.69) is 37.0 Å². The van der Waals surface area contributed by atoms with Crippen LogP contribution < -0.4 is 0 Å². The number of hydrogen-bond acceptors (Lipinski definition) is 4. The van der Waals surface area contributed by atoms with E-state index < -0.39 is 6.04 Å². The largest absolute Gasteiger partial charge is 0.339 e. The van der Waals surface area contributed by atoms with Gasteiger partial charge < -0.3 is 9.74 Å². The van der Waals surface area contributed by atoms with E-state index in [1.807, 2.05) is 47.4 Å². The zero-order valence-corrected chi connectivity index (χ0v) is 19.9. The van der Waals surface area contributed by atoms with Crippen LogP contribution in [0.2, 0.25) is 0 Å². The van der Waals surface area contributed by atoms with Gasteiger partial charge in [0.2, 0.25) is 0 Å². The molecule has 34 heavy (non-hydrogen) atoms. The van der Waals surface area contributed by atoms with Gasteiger partial charge in [-0.05, 0) is 52.5 Å². The summed E-state index contributed by atoms with van der Waals surface area (Å²) in [6.07, 6.45) is 3.23. The van der Waals surface area contributed by atoms with Crippen LogP contribution in [0, 0.1) is 23.8 Å². The summed E-state index contributed by atoms with van der Waals surface area (Å²) in [7, 11) is 0. The minimum atomic E-state index is -0.503. The van der Waals surface area contributed by atoms with Gasteiger partial charge in [-0.15, -0.1) is 0 Å². The van der Waals surface area contributed by atoms with Gasteiger partial charge in [0.25, 0.3) is 11.9 Å². The average Bonchev–Trinajstić information content (AvgIpc) is 3.36. The number of aromatic amines is 1. The Morgan fingerprint density at radius 2 is 1.91 bits per heavy atom. The van der Waals surface area contributed by atoms with E-state index in [1.165, 1.54) is 0 Å². The highest BCUT2D eigenvalue weighted by Crippen LogP contribution is 2.44. The van der Waals surface area contributed by atoms with Gasteiger partial charge in [0.15, 0.2) is 5.82 Å². The number of hydrogen-bond donors (Lipinski definition) is 1. The van der Waals surface area contributed by atoms with Crippen molar-refractivity contribution < 1.29 is 4.79 Å². The third-order valence-corrected chi connectivity index (χ3v) is 7.57. The lowest BCUT2D eigenvalue weighted by Crippen LogP contribution is -2.43. The highest BCUT2D eigenvalue weighted by atomic mass is 79.9. The number of fused-ring (bicyclic) bond motifs is 1. The highest BCUT2D eigenvalue weighted by molar-refractivity contribution is 9.10. The number of rotatable bonds is 3. The van der Waals surface area contributed by atoms with Gasteiger partial charge in [-0.3, -0.25) is 9.89 Å². The van der Waals surface area contributed by atoms with Gasteiger partial charge >= 0.3 is 0 Å². The summed E-state index contributed by atoms with van der Waals surface area (Å²) >= 11 is 3.60. The smallest absolute Gasteiger partial charge is 0.272 e. The van der Waals surface area contributed by atoms with Crippen molar-refractivity contribution in [3.63, 3.8) is 0 Å². The van der Waals surface area contributed by atoms with Gasteiger partial charge in [0.05, 0.1) is 17.7 Å². The highest BCUT2D eigenvalue weighted by Gasteiger charge is 2.44. The molecule has 2 aliphatic rings. The molecule has 0 bridgehead atoms. The van der Waals surface area contributed by atoms with Gasteiger partial charge in [-0.1, -0.05) is 30.3 Å².